The Morgan fingerprint density at radius 3 is 2.87 bits per heavy atom. The molecule has 0 saturated carbocycles. The van der Waals surface area contributed by atoms with Gasteiger partial charge in [0.2, 0.25) is 5.88 Å². The van der Waals surface area contributed by atoms with Gasteiger partial charge < -0.3 is 9.64 Å². The molecule has 4 rings (SSSR count). The topological polar surface area (TPSA) is 86.0 Å². The Morgan fingerprint density at radius 1 is 1.27 bits per heavy atom. The van der Waals surface area contributed by atoms with E-state index in [-0.39, 0.29) is 17.9 Å². The lowest BCUT2D eigenvalue weighted by molar-refractivity contribution is 0.0502. The second-order valence-corrected chi connectivity index (χ2v) is 7.62. The second kappa shape index (κ2) is 8.56. The van der Waals surface area contributed by atoms with E-state index in [9.17, 15) is 9.18 Å². The molecule has 0 spiro atoms. The number of amides is 1. The number of piperidine rings is 1. The maximum atomic E-state index is 13.5. The zero-order valence-electron chi connectivity index (χ0n) is 16.9. The number of hydrogen-bond acceptors (Lipinski definition) is 6. The summed E-state index contributed by atoms with van der Waals surface area (Å²) in [5.74, 6) is 0.0745. The lowest BCUT2D eigenvalue weighted by Gasteiger charge is -2.38. The molecule has 1 saturated heterocycles. The molecule has 2 atom stereocenters. The minimum Gasteiger partial charge on any atom is -0.477 e. The molecule has 8 nitrogen and oxygen atoms in total. The summed E-state index contributed by atoms with van der Waals surface area (Å²) in [4.78, 5) is 20.6. The largest absolute Gasteiger partial charge is 0.477 e. The predicted molar refractivity (Wildman–Crippen MR) is 107 cm³/mol. The molecular formula is C21H23FN6O2. The van der Waals surface area contributed by atoms with Crippen LogP contribution in [0.4, 0.5) is 4.39 Å². The highest BCUT2D eigenvalue weighted by atomic mass is 19.1. The van der Waals surface area contributed by atoms with Crippen LogP contribution in [0.2, 0.25) is 0 Å². The van der Waals surface area contributed by atoms with Crippen LogP contribution in [0.5, 0.6) is 5.88 Å². The highest BCUT2D eigenvalue weighted by Gasteiger charge is 2.31. The Balaban J connectivity index is 1.50. The number of ether oxygens (including phenoxy) is 1. The Morgan fingerprint density at radius 2 is 2.13 bits per heavy atom. The van der Waals surface area contributed by atoms with Gasteiger partial charge in [-0.05, 0) is 50.1 Å². The van der Waals surface area contributed by atoms with Gasteiger partial charge in [-0.2, -0.15) is 0 Å². The Hall–Kier alpha value is -3.36. The second-order valence-electron chi connectivity index (χ2n) is 7.62. The molecule has 0 aliphatic carbocycles. The molecule has 1 aromatic carbocycles. The summed E-state index contributed by atoms with van der Waals surface area (Å²) in [7, 11) is 0. The summed E-state index contributed by atoms with van der Waals surface area (Å²) in [6.07, 6.45) is 4.29. The van der Waals surface area contributed by atoms with Gasteiger partial charge in [-0.25, -0.2) is 9.37 Å². The van der Waals surface area contributed by atoms with Crippen molar-refractivity contribution in [1.29, 1.82) is 0 Å². The fourth-order valence-corrected chi connectivity index (χ4v) is 3.68. The minimum absolute atomic E-state index is 0.0666. The van der Waals surface area contributed by atoms with Gasteiger partial charge in [-0.1, -0.05) is 11.6 Å². The fraction of sp³-hybridized carbons (Fsp3) is 0.381. The molecule has 2 aromatic heterocycles. The third-order valence-electron chi connectivity index (χ3n) is 5.35. The molecule has 0 radical (unpaired) electrons. The maximum absolute atomic E-state index is 13.5. The number of aryl methyl sites for hydroxylation is 1. The zero-order valence-corrected chi connectivity index (χ0v) is 16.9. The molecule has 9 heteroatoms. The number of rotatable bonds is 5. The quantitative estimate of drug-likeness (QED) is 0.643. The molecule has 0 N–H and O–H groups in total. The first-order chi connectivity index (χ1) is 14.5. The normalized spacial score (nSPS) is 19.0. The Labute approximate surface area is 173 Å². The SMILES string of the molecule is Cc1ccc(-n2ncnn2)c(C(=O)N2C[C@H](COc3ccc(F)cn3)CC[C@H]2C)c1. The van der Waals surface area contributed by atoms with Crippen molar-refractivity contribution in [3.63, 3.8) is 0 Å². The number of hydrogen-bond donors (Lipinski definition) is 0. The van der Waals surface area contributed by atoms with Crippen LogP contribution in [-0.2, 0) is 0 Å². The lowest BCUT2D eigenvalue weighted by Crippen LogP contribution is -2.47. The molecule has 1 fully saturated rings. The number of carbonyl (C=O) groups excluding carboxylic acids is 1. The van der Waals surface area contributed by atoms with E-state index >= 15 is 0 Å². The van der Waals surface area contributed by atoms with Crippen LogP contribution < -0.4 is 4.74 Å². The van der Waals surface area contributed by atoms with Crippen molar-refractivity contribution in [2.24, 2.45) is 5.92 Å². The highest BCUT2D eigenvalue weighted by molar-refractivity contribution is 5.98. The monoisotopic (exact) mass is 410 g/mol. The van der Waals surface area contributed by atoms with Crippen LogP contribution in [0.1, 0.15) is 35.7 Å². The number of aromatic nitrogens is 5. The molecule has 0 unspecified atom stereocenters. The van der Waals surface area contributed by atoms with Gasteiger partial charge in [-0.3, -0.25) is 4.79 Å². The summed E-state index contributed by atoms with van der Waals surface area (Å²) in [6.45, 7) is 4.99. The Bertz CT molecular complexity index is 1010. The van der Waals surface area contributed by atoms with Crippen molar-refractivity contribution < 1.29 is 13.9 Å². The van der Waals surface area contributed by atoms with Crippen molar-refractivity contribution in [2.75, 3.05) is 13.2 Å². The lowest BCUT2D eigenvalue weighted by atomic mass is 9.93. The molecule has 156 valence electrons. The molecule has 30 heavy (non-hydrogen) atoms. The van der Waals surface area contributed by atoms with Crippen LogP contribution in [0.25, 0.3) is 5.69 Å². The molecular weight excluding hydrogens is 387 g/mol. The van der Waals surface area contributed by atoms with E-state index in [4.69, 9.17) is 4.74 Å². The first kappa shape index (κ1) is 19.9. The van der Waals surface area contributed by atoms with E-state index in [1.165, 1.54) is 23.3 Å². The number of tetrazole rings is 1. The number of nitrogens with zero attached hydrogens (tertiary/aromatic N) is 6. The molecule has 1 aliphatic heterocycles. The van der Waals surface area contributed by atoms with Crippen molar-refractivity contribution in [3.8, 4) is 11.6 Å². The number of pyridine rings is 1. The van der Waals surface area contributed by atoms with Crippen molar-refractivity contribution in [3.05, 3.63) is 59.8 Å². The van der Waals surface area contributed by atoms with E-state index < -0.39 is 5.82 Å². The van der Waals surface area contributed by atoms with Crippen molar-refractivity contribution >= 4 is 5.91 Å². The first-order valence-corrected chi connectivity index (χ1v) is 9.90. The van der Waals surface area contributed by atoms with Crippen LogP contribution in [0, 0.1) is 18.7 Å². The van der Waals surface area contributed by atoms with Gasteiger partial charge in [0.15, 0.2) is 6.33 Å². The number of benzene rings is 1. The van der Waals surface area contributed by atoms with E-state index in [0.29, 0.717) is 30.3 Å². The van der Waals surface area contributed by atoms with Crippen molar-refractivity contribution in [2.45, 2.75) is 32.7 Å². The third-order valence-corrected chi connectivity index (χ3v) is 5.35. The summed E-state index contributed by atoms with van der Waals surface area (Å²) in [5.41, 5.74) is 2.12. The van der Waals surface area contributed by atoms with Gasteiger partial charge in [0.05, 0.1) is 18.4 Å². The highest BCUT2D eigenvalue weighted by Crippen LogP contribution is 2.26. The van der Waals surface area contributed by atoms with Crippen LogP contribution in [-0.4, -0.2) is 55.2 Å². The molecule has 0 bridgehead atoms. The summed E-state index contributed by atoms with van der Waals surface area (Å²) in [6, 6.07) is 8.54. The van der Waals surface area contributed by atoms with Crippen LogP contribution >= 0.6 is 0 Å². The van der Waals surface area contributed by atoms with Crippen LogP contribution in [0.3, 0.4) is 0 Å². The predicted octanol–water partition coefficient (Wildman–Crippen LogP) is 2.82. The standard InChI is InChI=1S/C21H23FN6O2/c1-14-3-7-19(28-25-13-24-26-28)18(9-14)21(29)27-11-16(5-4-15(27)2)12-30-20-8-6-17(22)10-23-20/h3,6-10,13,15-16H,4-5,11-12H2,1-2H3/t15-,16-/m1/s1. The Kier molecular flexibility index (Phi) is 5.69. The molecule has 1 amide bonds. The first-order valence-electron chi connectivity index (χ1n) is 9.90. The number of likely N-dealkylation sites (tertiary alicyclic amines) is 1. The molecule has 3 aromatic rings. The van der Waals surface area contributed by atoms with Gasteiger partial charge in [-0.15, -0.1) is 15.0 Å². The van der Waals surface area contributed by atoms with E-state index in [0.717, 1.165) is 24.6 Å². The van der Waals surface area contributed by atoms with E-state index in [1.807, 2.05) is 30.0 Å². The van der Waals surface area contributed by atoms with Gasteiger partial charge in [0.1, 0.15) is 11.5 Å². The van der Waals surface area contributed by atoms with Gasteiger partial charge in [0.25, 0.3) is 5.91 Å². The minimum atomic E-state index is -0.401. The zero-order chi connectivity index (χ0) is 21.1. The van der Waals surface area contributed by atoms with Crippen molar-refractivity contribution in [1.82, 2.24) is 30.1 Å². The average molecular weight is 410 g/mol. The van der Waals surface area contributed by atoms with E-state index in [1.54, 1.807) is 0 Å². The number of halogens is 1. The summed E-state index contributed by atoms with van der Waals surface area (Å²) in [5, 5.41) is 11.8. The smallest absolute Gasteiger partial charge is 0.256 e. The summed E-state index contributed by atoms with van der Waals surface area (Å²) < 4.78 is 18.7. The third kappa shape index (κ3) is 4.29. The molecule has 3 heterocycles. The average Bonchev–Trinajstić information content (AvgIpc) is 3.28. The van der Waals surface area contributed by atoms with Gasteiger partial charge in [0, 0.05) is 24.6 Å². The summed E-state index contributed by atoms with van der Waals surface area (Å²) >= 11 is 0. The number of carbonyl (C=O) groups is 1. The molecule has 1 aliphatic rings. The van der Waals surface area contributed by atoms with Gasteiger partial charge >= 0.3 is 0 Å². The van der Waals surface area contributed by atoms with E-state index in [2.05, 4.69) is 27.3 Å². The van der Waals surface area contributed by atoms with Crippen LogP contribution in [0.15, 0.2) is 42.9 Å². The fourth-order valence-electron chi connectivity index (χ4n) is 3.68. The maximum Gasteiger partial charge on any atom is 0.256 e.